The molecule has 1 aromatic rings. The second kappa shape index (κ2) is 5.33. The summed E-state index contributed by atoms with van der Waals surface area (Å²) in [4.78, 5) is 14.8. The highest BCUT2D eigenvalue weighted by Crippen LogP contribution is 2.30. The highest BCUT2D eigenvalue weighted by atomic mass is 16.2. The van der Waals surface area contributed by atoms with Gasteiger partial charge in [-0.1, -0.05) is 12.1 Å². The predicted molar refractivity (Wildman–Crippen MR) is 77.4 cm³/mol. The summed E-state index contributed by atoms with van der Waals surface area (Å²) in [7, 11) is 0. The molecule has 0 aliphatic carbocycles. The molecule has 1 fully saturated rings. The van der Waals surface area contributed by atoms with Gasteiger partial charge in [-0.15, -0.1) is 0 Å². The lowest BCUT2D eigenvalue weighted by Crippen LogP contribution is -2.43. The third-order valence-corrected chi connectivity index (χ3v) is 4.31. The van der Waals surface area contributed by atoms with Crippen molar-refractivity contribution in [3.8, 4) is 0 Å². The molecule has 1 saturated heterocycles. The maximum absolute atomic E-state index is 12.7. The maximum atomic E-state index is 12.7. The first kappa shape index (κ1) is 12.7. The highest BCUT2D eigenvalue weighted by Gasteiger charge is 2.29. The molecule has 0 unspecified atom stereocenters. The summed E-state index contributed by atoms with van der Waals surface area (Å²) < 4.78 is 0. The van der Waals surface area contributed by atoms with Crippen LogP contribution in [0, 0.1) is 12.8 Å². The number of anilines is 1. The van der Waals surface area contributed by atoms with E-state index in [0.29, 0.717) is 5.91 Å². The Balaban J connectivity index is 1.86. The molecule has 2 aliphatic rings. The van der Waals surface area contributed by atoms with Gasteiger partial charge in [0.1, 0.15) is 0 Å². The summed E-state index contributed by atoms with van der Waals surface area (Å²) in [6, 6.07) is 6.51. The van der Waals surface area contributed by atoms with Crippen LogP contribution in [0.2, 0.25) is 0 Å². The molecule has 0 saturated carbocycles. The number of benzene rings is 1. The van der Waals surface area contributed by atoms with Crippen molar-refractivity contribution in [1.82, 2.24) is 5.32 Å². The predicted octanol–water partition coefficient (Wildman–Crippen LogP) is 2.27. The van der Waals surface area contributed by atoms with Crippen molar-refractivity contribution >= 4 is 11.6 Å². The van der Waals surface area contributed by atoms with E-state index in [2.05, 4.69) is 30.4 Å². The van der Waals surface area contributed by atoms with E-state index in [0.717, 1.165) is 51.0 Å². The molecule has 3 rings (SSSR count). The zero-order chi connectivity index (χ0) is 13.2. The van der Waals surface area contributed by atoms with Gasteiger partial charge in [0.2, 0.25) is 5.91 Å². The van der Waals surface area contributed by atoms with Crippen LogP contribution in [0.15, 0.2) is 18.2 Å². The number of fused-ring (bicyclic) bond motifs is 1. The van der Waals surface area contributed by atoms with Crippen LogP contribution in [0.25, 0.3) is 0 Å². The molecule has 3 nitrogen and oxygen atoms in total. The Labute approximate surface area is 115 Å². The molecule has 1 amide bonds. The molecule has 0 radical (unpaired) electrons. The molecule has 2 heterocycles. The van der Waals surface area contributed by atoms with Crippen molar-refractivity contribution in [3.05, 3.63) is 29.3 Å². The topological polar surface area (TPSA) is 32.3 Å². The van der Waals surface area contributed by atoms with Gasteiger partial charge >= 0.3 is 0 Å². The molecule has 102 valence electrons. The normalized spacial score (nSPS) is 20.2. The Kier molecular flexibility index (Phi) is 3.56. The Morgan fingerprint density at radius 1 is 1.32 bits per heavy atom. The smallest absolute Gasteiger partial charge is 0.230 e. The van der Waals surface area contributed by atoms with Crippen LogP contribution in [0.1, 0.15) is 30.4 Å². The van der Waals surface area contributed by atoms with Crippen LogP contribution >= 0.6 is 0 Å². The van der Waals surface area contributed by atoms with E-state index in [4.69, 9.17) is 0 Å². The summed E-state index contributed by atoms with van der Waals surface area (Å²) in [5.41, 5.74) is 3.73. The summed E-state index contributed by atoms with van der Waals surface area (Å²) in [5, 5.41) is 3.33. The zero-order valence-electron chi connectivity index (χ0n) is 11.6. The van der Waals surface area contributed by atoms with Crippen molar-refractivity contribution in [2.75, 3.05) is 24.5 Å². The number of hydrogen-bond acceptors (Lipinski definition) is 2. The molecular weight excluding hydrogens is 236 g/mol. The first-order valence-electron chi connectivity index (χ1n) is 7.37. The van der Waals surface area contributed by atoms with Crippen LogP contribution in [-0.4, -0.2) is 25.5 Å². The first-order valence-corrected chi connectivity index (χ1v) is 7.37. The highest BCUT2D eigenvalue weighted by molar-refractivity contribution is 5.96. The molecule has 2 aliphatic heterocycles. The average Bonchev–Trinajstić information content (AvgIpc) is 2.47. The standard InChI is InChI=1S/C16H22N2O/c1-12-4-5-13-3-2-10-18(15(13)11-12)16(19)14-6-8-17-9-7-14/h4-5,11,14,17H,2-3,6-10H2,1H3. The molecule has 0 aromatic heterocycles. The summed E-state index contributed by atoms with van der Waals surface area (Å²) in [6.45, 7) is 4.94. The number of carbonyl (C=O) groups excluding carboxylic acids is 1. The van der Waals surface area contributed by atoms with Gasteiger partial charge in [-0.3, -0.25) is 4.79 Å². The monoisotopic (exact) mass is 258 g/mol. The number of nitrogens with zero attached hydrogens (tertiary/aromatic N) is 1. The van der Waals surface area contributed by atoms with E-state index in [1.165, 1.54) is 11.1 Å². The largest absolute Gasteiger partial charge is 0.317 e. The van der Waals surface area contributed by atoms with Gasteiger partial charge in [0.15, 0.2) is 0 Å². The lowest BCUT2D eigenvalue weighted by atomic mass is 9.93. The lowest BCUT2D eigenvalue weighted by Gasteiger charge is -2.34. The average molecular weight is 258 g/mol. The van der Waals surface area contributed by atoms with Crippen molar-refractivity contribution in [2.45, 2.75) is 32.6 Å². The number of nitrogens with one attached hydrogen (secondary N) is 1. The third-order valence-electron chi connectivity index (χ3n) is 4.31. The fourth-order valence-corrected chi connectivity index (χ4v) is 3.20. The molecular formula is C16H22N2O. The van der Waals surface area contributed by atoms with Crippen LogP contribution < -0.4 is 10.2 Å². The Morgan fingerprint density at radius 2 is 2.11 bits per heavy atom. The maximum Gasteiger partial charge on any atom is 0.230 e. The van der Waals surface area contributed by atoms with Crippen molar-refractivity contribution in [2.24, 2.45) is 5.92 Å². The van der Waals surface area contributed by atoms with Gasteiger partial charge in [-0.25, -0.2) is 0 Å². The summed E-state index contributed by atoms with van der Waals surface area (Å²) in [5.74, 6) is 0.556. The second-order valence-electron chi connectivity index (χ2n) is 5.75. The fraction of sp³-hybridized carbons (Fsp3) is 0.562. The van der Waals surface area contributed by atoms with E-state index < -0.39 is 0 Å². The van der Waals surface area contributed by atoms with E-state index in [9.17, 15) is 4.79 Å². The lowest BCUT2D eigenvalue weighted by molar-refractivity contribution is -0.123. The Hall–Kier alpha value is -1.35. The van der Waals surface area contributed by atoms with Crippen molar-refractivity contribution in [3.63, 3.8) is 0 Å². The van der Waals surface area contributed by atoms with Crippen LogP contribution in [0.4, 0.5) is 5.69 Å². The number of carbonyl (C=O) groups is 1. The quantitative estimate of drug-likeness (QED) is 0.838. The zero-order valence-corrected chi connectivity index (χ0v) is 11.6. The van der Waals surface area contributed by atoms with Gasteiger partial charge in [0, 0.05) is 18.2 Å². The van der Waals surface area contributed by atoms with Gasteiger partial charge in [-0.05, 0) is 62.9 Å². The molecule has 0 spiro atoms. The minimum atomic E-state index is 0.215. The van der Waals surface area contributed by atoms with Crippen molar-refractivity contribution in [1.29, 1.82) is 0 Å². The van der Waals surface area contributed by atoms with Crippen LogP contribution in [-0.2, 0) is 11.2 Å². The number of amides is 1. The summed E-state index contributed by atoms with van der Waals surface area (Å²) in [6.07, 6.45) is 4.16. The minimum Gasteiger partial charge on any atom is -0.317 e. The second-order valence-corrected chi connectivity index (χ2v) is 5.75. The van der Waals surface area contributed by atoms with E-state index in [1.54, 1.807) is 0 Å². The number of hydrogen-bond donors (Lipinski definition) is 1. The SMILES string of the molecule is Cc1ccc2c(c1)N(C(=O)C1CCNCC1)CCC2. The van der Waals surface area contributed by atoms with Gasteiger partial charge in [0.25, 0.3) is 0 Å². The van der Waals surface area contributed by atoms with Gasteiger partial charge in [-0.2, -0.15) is 0 Å². The first-order chi connectivity index (χ1) is 9.25. The third kappa shape index (κ3) is 2.52. The Bertz CT molecular complexity index is 478. The summed E-state index contributed by atoms with van der Waals surface area (Å²) >= 11 is 0. The molecule has 19 heavy (non-hydrogen) atoms. The molecule has 1 N–H and O–H groups in total. The van der Waals surface area contributed by atoms with E-state index >= 15 is 0 Å². The molecule has 0 atom stereocenters. The van der Waals surface area contributed by atoms with E-state index in [1.807, 2.05) is 4.90 Å². The molecule has 0 bridgehead atoms. The van der Waals surface area contributed by atoms with Gasteiger partial charge in [0.05, 0.1) is 0 Å². The number of aryl methyl sites for hydroxylation is 2. The molecule has 1 aromatic carbocycles. The Morgan fingerprint density at radius 3 is 2.89 bits per heavy atom. The number of piperidine rings is 1. The number of rotatable bonds is 1. The molecule has 3 heteroatoms. The van der Waals surface area contributed by atoms with Crippen LogP contribution in [0.5, 0.6) is 0 Å². The van der Waals surface area contributed by atoms with E-state index in [-0.39, 0.29) is 5.92 Å². The van der Waals surface area contributed by atoms with Gasteiger partial charge < -0.3 is 10.2 Å². The van der Waals surface area contributed by atoms with Crippen molar-refractivity contribution < 1.29 is 4.79 Å². The fourth-order valence-electron chi connectivity index (χ4n) is 3.20. The minimum absolute atomic E-state index is 0.215. The van der Waals surface area contributed by atoms with Crippen LogP contribution in [0.3, 0.4) is 0 Å².